The highest BCUT2D eigenvalue weighted by molar-refractivity contribution is 9.10. The van der Waals surface area contributed by atoms with Gasteiger partial charge in [0.1, 0.15) is 0 Å². The van der Waals surface area contributed by atoms with Crippen LogP contribution in [0.3, 0.4) is 0 Å². The standard InChI is InChI=1S/C13H16BrNO3/c1-8-7-13(12(16)17,4-5-18-8)10-6-9(14)2-3-11(10)15/h2-3,6,8H,4-5,7,15H2,1H3,(H,16,17). The van der Waals surface area contributed by atoms with Crippen molar-refractivity contribution in [1.82, 2.24) is 0 Å². The Labute approximate surface area is 114 Å². The van der Waals surface area contributed by atoms with E-state index in [0.717, 1.165) is 4.47 Å². The third-order valence-electron chi connectivity index (χ3n) is 3.51. The van der Waals surface area contributed by atoms with E-state index in [4.69, 9.17) is 10.5 Å². The zero-order chi connectivity index (χ0) is 13.3. The minimum Gasteiger partial charge on any atom is -0.481 e. The van der Waals surface area contributed by atoms with Gasteiger partial charge in [-0.15, -0.1) is 0 Å². The lowest BCUT2D eigenvalue weighted by Crippen LogP contribution is -2.44. The van der Waals surface area contributed by atoms with Crippen LogP contribution in [0.15, 0.2) is 22.7 Å². The zero-order valence-electron chi connectivity index (χ0n) is 10.1. The van der Waals surface area contributed by atoms with Gasteiger partial charge in [0, 0.05) is 16.8 Å². The lowest BCUT2D eigenvalue weighted by atomic mass is 9.72. The van der Waals surface area contributed by atoms with Crippen molar-refractivity contribution in [2.45, 2.75) is 31.3 Å². The maximum absolute atomic E-state index is 11.8. The number of carboxylic acid groups (broad SMARTS) is 1. The second kappa shape index (κ2) is 4.90. The van der Waals surface area contributed by atoms with Crippen LogP contribution in [0.25, 0.3) is 0 Å². The summed E-state index contributed by atoms with van der Waals surface area (Å²) >= 11 is 3.37. The van der Waals surface area contributed by atoms with E-state index in [1.54, 1.807) is 6.07 Å². The summed E-state index contributed by atoms with van der Waals surface area (Å²) in [6.07, 6.45) is 0.823. The molecule has 1 aliphatic heterocycles. The zero-order valence-corrected chi connectivity index (χ0v) is 11.7. The van der Waals surface area contributed by atoms with Crippen molar-refractivity contribution >= 4 is 27.6 Å². The van der Waals surface area contributed by atoms with E-state index in [1.807, 2.05) is 19.1 Å². The molecule has 1 saturated heterocycles. The second-order valence-corrected chi connectivity index (χ2v) is 5.67. The van der Waals surface area contributed by atoms with Crippen LogP contribution in [0.4, 0.5) is 5.69 Å². The summed E-state index contributed by atoms with van der Waals surface area (Å²) in [6.45, 7) is 2.34. The number of ether oxygens (including phenoxy) is 1. The predicted molar refractivity (Wildman–Crippen MR) is 72.5 cm³/mol. The van der Waals surface area contributed by atoms with E-state index >= 15 is 0 Å². The maximum Gasteiger partial charge on any atom is 0.314 e. The van der Waals surface area contributed by atoms with Gasteiger partial charge in [-0.1, -0.05) is 15.9 Å². The van der Waals surface area contributed by atoms with Crippen LogP contribution in [0.1, 0.15) is 25.3 Å². The number of aliphatic carboxylic acids is 1. The van der Waals surface area contributed by atoms with E-state index in [9.17, 15) is 9.90 Å². The van der Waals surface area contributed by atoms with Crippen molar-refractivity contribution in [3.63, 3.8) is 0 Å². The van der Waals surface area contributed by atoms with Gasteiger partial charge < -0.3 is 15.6 Å². The Balaban J connectivity index is 2.53. The third kappa shape index (κ3) is 2.24. The third-order valence-corrected chi connectivity index (χ3v) is 4.00. The normalized spacial score (nSPS) is 28.0. The molecule has 3 N–H and O–H groups in total. The molecule has 0 radical (unpaired) electrons. The van der Waals surface area contributed by atoms with Crippen LogP contribution < -0.4 is 5.73 Å². The molecule has 1 aliphatic rings. The monoisotopic (exact) mass is 313 g/mol. The molecule has 2 unspecified atom stereocenters. The number of nitrogen functional groups attached to an aromatic ring is 1. The molecule has 0 bridgehead atoms. The number of benzene rings is 1. The molecule has 5 heteroatoms. The minimum absolute atomic E-state index is 0.0757. The summed E-state index contributed by atoms with van der Waals surface area (Å²) in [5.74, 6) is -0.831. The molecule has 0 saturated carbocycles. The molecule has 1 aromatic rings. The largest absolute Gasteiger partial charge is 0.481 e. The van der Waals surface area contributed by atoms with Crippen LogP contribution in [0.2, 0.25) is 0 Å². The molecule has 1 aromatic carbocycles. The van der Waals surface area contributed by atoms with Gasteiger partial charge in [0.2, 0.25) is 0 Å². The Hall–Kier alpha value is -1.07. The summed E-state index contributed by atoms with van der Waals surface area (Å²) in [5, 5.41) is 9.65. The molecular formula is C13H16BrNO3. The van der Waals surface area contributed by atoms with Crippen molar-refractivity contribution in [3.05, 3.63) is 28.2 Å². The highest BCUT2D eigenvalue weighted by Gasteiger charge is 2.45. The first-order valence-electron chi connectivity index (χ1n) is 5.86. The highest BCUT2D eigenvalue weighted by atomic mass is 79.9. The molecule has 4 nitrogen and oxygen atoms in total. The summed E-state index contributed by atoms with van der Waals surface area (Å²) in [7, 11) is 0. The summed E-state index contributed by atoms with van der Waals surface area (Å²) in [6, 6.07) is 5.36. The van der Waals surface area contributed by atoms with Gasteiger partial charge in [0.15, 0.2) is 0 Å². The summed E-state index contributed by atoms with van der Waals surface area (Å²) in [4.78, 5) is 11.8. The van der Waals surface area contributed by atoms with E-state index in [0.29, 0.717) is 30.7 Å². The molecular weight excluding hydrogens is 298 g/mol. The van der Waals surface area contributed by atoms with Crippen molar-refractivity contribution in [3.8, 4) is 0 Å². The number of halogens is 1. The van der Waals surface area contributed by atoms with Gasteiger partial charge in [-0.2, -0.15) is 0 Å². The van der Waals surface area contributed by atoms with E-state index < -0.39 is 11.4 Å². The fourth-order valence-electron chi connectivity index (χ4n) is 2.58. The SMILES string of the molecule is CC1CC(C(=O)O)(c2cc(Br)ccc2N)CCO1. The van der Waals surface area contributed by atoms with Crippen molar-refractivity contribution in [1.29, 1.82) is 0 Å². The van der Waals surface area contributed by atoms with Crippen molar-refractivity contribution < 1.29 is 14.6 Å². The lowest BCUT2D eigenvalue weighted by Gasteiger charge is -2.37. The second-order valence-electron chi connectivity index (χ2n) is 4.75. The molecule has 0 amide bonds. The van der Waals surface area contributed by atoms with Gasteiger partial charge in [0.25, 0.3) is 0 Å². The predicted octanol–water partition coefficient (Wildman–Crippen LogP) is 2.55. The Morgan fingerprint density at radius 1 is 1.61 bits per heavy atom. The lowest BCUT2D eigenvalue weighted by molar-refractivity contribution is -0.150. The topological polar surface area (TPSA) is 72.5 Å². The molecule has 0 aliphatic carbocycles. The number of carbonyl (C=O) groups is 1. The number of anilines is 1. The molecule has 1 heterocycles. The van der Waals surface area contributed by atoms with E-state index in [-0.39, 0.29) is 6.10 Å². The minimum atomic E-state index is -0.939. The Bertz CT molecular complexity index is 477. The van der Waals surface area contributed by atoms with Gasteiger partial charge in [0.05, 0.1) is 11.5 Å². The smallest absolute Gasteiger partial charge is 0.314 e. The van der Waals surface area contributed by atoms with Gasteiger partial charge >= 0.3 is 5.97 Å². The van der Waals surface area contributed by atoms with Crippen LogP contribution in [-0.2, 0) is 14.9 Å². The molecule has 0 aromatic heterocycles. The number of hydrogen-bond acceptors (Lipinski definition) is 3. The molecule has 2 atom stereocenters. The molecule has 18 heavy (non-hydrogen) atoms. The molecule has 1 fully saturated rings. The summed E-state index contributed by atoms with van der Waals surface area (Å²) in [5.41, 5.74) is 6.23. The van der Waals surface area contributed by atoms with Crippen LogP contribution in [0, 0.1) is 0 Å². The van der Waals surface area contributed by atoms with Crippen LogP contribution in [0.5, 0.6) is 0 Å². The Morgan fingerprint density at radius 2 is 2.33 bits per heavy atom. The summed E-state index contributed by atoms with van der Waals surface area (Å²) < 4.78 is 6.30. The van der Waals surface area contributed by atoms with Gasteiger partial charge in [-0.05, 0) is 43.5 Å². The van der Waals surface area contributed by atoms with Gasteiger partial charge in [-0.25, -0.2) is 0 Å². The first-order valence-corrected chi connectivity index (χ1v) is 6.65. The number of rotatable bonds is 2. The fraction of sp³-hybridized carbons (Fsp3) is 0.462. The van der Waals surface area contributed by atoms with Crippen molar-refractivity contribution in [2.24, 2.45) is 0 Å². The molecule has 98 valence electrons. The van der Waals surface area contributed by atoms with Crippen molar-refractivity contribution in [2.75, 3.05) is 12.3 Å². The first-order chi connectivity index (χ1) is 8.45. The Morgan fingerprint density at radius 3 is 2.94 bits per heavy atom. The van der Waals surface area contributed by atoms with E-state index in [1.165, 1.54) is 0 Å². The van der Waals surface area contributed by atoms with Gasteiger partial charge in [-0.3, -0.25) is 4.79 Å². The molecule has 0 spiro atoms. The van der Waals surface area contributed by atoms with Crippen LogP contribution in [-0.4, -0.2) is 23.8 Å². The number of nitrogens with two attached hydrogens (primary N) is 1. The highest BCUT2D eigenvalue weighted by Crippen LogP contribution is 2.41. The van der Waals surface area contributed by atoms with Crippen LogP contribution >= 0.6 is 15.9 Å². The maximum atomic E-state index is 11.8. The number of hydrogen-bond donors (Lipinski definition) is 2. The first kappa shape index (κ1) is 13.4. The molecule has 2 rings (SSSR count). The quantitative estimate of drug-likeness (QED) is 0.823. The Kier molecular flexibility index (Phi) is 3.64. The average molecular weight is 314 g/mol. The number of carboxylic acids is 1. The fourth-order valence-corrected chi connectivity index (χ4v) is 2.94. The average Bonchev–Trinajstić information content (AvgIpc) is 2.32. The van der Waals surface area contributed by atoms with E-state index in [2.05, 4.69) is 15.9 Å².